The van der Waals surface area contributed by atoms with Gasteiger partial charge in [-0.05, 0) is 98.9 Å². The zero-order valence-corrected chi connectivity index (χ0v) is 33.7. The maximum Gasteiger partial charge on any atom is 0.433 e. The number of imide groups is 2. The van der Waals surface area contributed by atoms with E-state index in [1.165, 1.54) is 26.0 Å². The minimum atomic E-state index is -4.66. The highest BCUT2D eigenvalue weighted by molar-refractivity contribution is 7.18. The maximum atomic E-state index is 13.4. The van der Waals surface area contributed by atoms with E-state index in [4.69, 9.17) is 9.72 Å². The van der Waals surface area contributed by atoms with Crippen LogP contribution in [0.15, 0.2) is 48.5 Å². The van der Waals surface area contributed by atoms with Gasteiger partial charge >= 0.3 is 6.18 Å². The fraction of sp³-hybridized carbons (Fsp3) is 0.465. The highest BCUT2D eigenvalue weighted by Gasteiger charge is 2.52. The van der Waals surface area contributed by atoms with Crippen LogP contribution in [0.3, 0.4) is 0 Å². The second-order valence-electron chi connectivity index (χ2n) is 17.0. The van der Waals surface area contributed by atoms with Gasteiger partial charge in [0.2, 0.25) is 11.8 Å². The van der Waals surface area contributed by atoms with Gasteiger partial charge < -0.3 is 20.3 Å². The van der Waals surface area contributed by atoms with Crippen molar-refractivity contribution in [2.24, 2.45) is 17.3 Å². The number of pyridine rings is 1. The molecule has 314 valence electrons. The van der Waals surface area contributed by atoms with E-state index in [1.54, 1.807) is 41.7 Å². The van der Waals surface area contributed by atoms with Gasteiger partial charge in [-0.15, -0.1) is 11.3 Å². The Bertz CT molecular complexity index is 2400. The second kappa shape index (κ2) is 15.6. The van der Waals surface area contributed by atoms with Crippen LogP contribution in [0.5, 0.6) is 5.75 Å². The lowest BCUT2D eigenvalue weighted by molar-refractivity contribution is -0.141. The van der Waals surface area contributed by atoms with Gasteiger partial charge in [0.05, 0.1) is 39.1 Å². The van der Waals surface area contributed by atoms with Crippen molar-refractivity contribution in [1.29, 1.82) is 0 Å². The van der Waals surface area contributed by atoms with E-state index in [2.05, 4.69) is 25.8 Å². The molecule has 17 heteroatoms. The predicted molar refractivity (Wildman–Crippen MR) is 216 cm³/mol. The number of nitrogens with zero attached hydrogens (tertiary/aromatic N) is 4. The van der Waals surface area contributed by atoms with Gasteiger partial charge in [0.1, 0.15) is 23.2 Å². The summed E-state index contributed by atoms with van der Waals surface area (Å²) in [6.07, 6.45) is 3.18. The van der Waals surface area contributed by atoms with Crippen molar-refractivity contribution in [2.45, 2.75) is 75.9 Å². The summed E-state index contributed by atoms with van der Waals surface area (Å²) in [6, 6.07) is 10.9. The van der Waals surface area contributed by atoms with Crippen LogP contribution in [0, 0.1) is 17.3 Å². The summed E-state index contributed by atoms with van der Waals surface area (Å²) < 4.78 is 45.9. The van der Waals surface area contributed by atoms with Crippen molar-refractivity contribution >= 4 is 62.5 Å². The van der Waals surface area contributed by atoms with Crippen molar-refractivity contribution in [3.63, 3.8) is 0 Å². The Morgan fingerprint density at radius 1 is 0.950 bits per heavy atom. The van der Waals surface area contributed by atoms with Gasteiger partial charge in [-0.3, -0.25) is 34.2 Å². The van der Waals surface area contributed by atoms with E-state index >= 15 is 0 Å². The number of aromatic nitrogens is 2. The van der Waals surface area contributed by atoms with Crippen molar-refractivity contribution < 1.29 is 41.9 Å². The van der Waals surface area contributed by atoms with E-state index in [1.807, 2.05) is 0 Å². The van der Waals surface area contributed by atoms with E-state index in [-0.39, 0.29) is 29.7 Å². The molecule has 5 amide bonds. The van der Waals surface area contributed by atoms with Crippen molar-refractivity contribution in [1.82, 2.24) is 25.1 Å². The highest BCUT2D eigenvalue weighted by atomic mass is 32.1. The minimum Gasteiger partial charge on any atom is -0.494 e. The normalized spacial score (nSPS) is 23.0. The zero-order chi connectivity index (χ0) is 41.9. The first kappa shape index (κ1) is 40.0. The fourth-order valence-electron chi connectivity index (χ4n) is 10.0. The number of methoxy groups -OCH3 is 1. The zero-order valence-electron chi connectivity index (χ0n) is 32.9. The van der Waals surface area contributed by atoms with Crippen LogP contribution in [0.4, 0.5) is 24.5 Å². The summed E-state index contributed by atoms with van der Waals surface area (Å²) in [5.74, 6) is -0.880. The van der Waals surface area contributed by atoms with Crippen LogP contribution in [-0.4, -0.2) is 88.6 Å². The van der Waals surface area contributed by atoms with Crippen LogP contribution in [0.1, 0.15) is 106 Å². The number of amides is 5. The number of anilines is 2. The van der Waals surface area contributed by atoms with Crippen LogP contribution < -0.4 is 20.7 Å². The Kier molecular flexibility index (Phi) is 10.4. The molecule has 13 nitrogen and oxygen atoms in total. The quantitative estimate of drug-likeness (QED) is 0.136. The molecular weight excluding hydrogens is 800 g/mol. The number of halogens is 3. The second-order valence-corrected chi connectivity index (χ2v) is 18.0. The van der Waals surface area contributed by atoms with Crippen molar-refractivity contribution in [3.8, 4) is 5.75 Å². The molecular formula is C43H44F3N7O6S. The number of carbonyl (C=O) groups is 5. The monoisotopic (exact) mass is 843 g/mol. The van der Waals surface area contributed by atoms with Gasteiger partial charge in [-0.2, -0.15) is 13.2 Å². The Morgan fingerprint density at radius 3 is 2.45 bits per heavy atom. The first-order chi connectivity index (χ1) is 28.8. The molecule has 1 atom stereocenters. The average molecular weight is 844 g/mol. The standard InChI is InChI=1S/C43H44F3N7O6S/c1-59-32-16-30-33(17-29(32)49-37(55)28-6-3-7-34(48-28)43(44,45)46)60-39(50-30)25-10-8-23(9-11-25)20-52-21-42(22-52)18-24(19-42)14-15-47-27-5-2-4-26-36(27)41(58)53(40(26)57)31-12-13-35(54)51-38(31)56/h2-7,16-17,23-25,31,47H,8-15,18-22H2,1H3,(H,49,55)(H,51,54,56)/t23-,25-,31?. The van der Waals surface area contributed by atoms with Crippen LogP contribution >= 0.6 is 11.3 Å². The molecule has 2 aromatic heterocycles. The number of carbonyl (C=O) groups excluding carboxylic acids is 5. The molecule has 4 aromatic rings. The fourth-order valence-corrected chi connectivity index (χ4v) is 11.2. The first-order valence-corrected chi connectivity index (χ1v) is 21.2. The van der Waals surface area contributed by atoms with Crippen LogP contribution in [0.2, 0.25) is 0 Å². The minimum absolute atomic E-state index is 0.0795. The highest BCUT2D eigenvalue weighted by Crippen LogP contribution is 2.53. The number of fused-ring (bicyclic) bond motifs is 2. The van der Waals surface area contributed by atoms with E-state index in [0.29, 0.717) is 46.8 Å². The number of alkyl halides is 3. The van der Waals surface area contributed by atoms with Crippen molar-refractivity contribution in [2.75, 3.05) is 43.9 Å². The van der Waals surface area contributed by atoms with Crippen LogP contribution in [-0.2, 0) is 15.8 Å². The van der Waals surface area contributed by atoms with Gasteiger partial charge in [0.25, 0.3) is 17.7 Å². The van der Waals surface area contributed by atoms with E-state index < -0.39 is 47.4 Å². The molecule has 5 heterocycles. The smallest absolute Gasteiger partial charge is 0.433 e. The summed E-state index contributed by atoms with van der Waals surface area (Å²) in [5.41, 5.74) is 1.15. The van der Waals surface area contributed by atoms with Gasteiger partial charge in [-0.25, -0.2) is 9.97 Å². The SMILES string of the molecule is COc1cc2nc([C@H]3CC[C@H](CN4CC5(CC(CCNc6cccc7c6C(=O)N(C6CCC(=O)NC6=O)C7=O)C5)C4)CC3)sc2cc1NC(=O)c1cccc(C(F)(F)F)n1. The van der Waals surface area contributed by atoms with E-state index in [0.717, 1.165) is 84.0 Å². The Morgan fingerprint density at radius 2 is 1.72 bits per heavy atom. The number of thiazole rings is 1. The lowest BCUT2D eigenvalue weighted by Crippen LogP contribution is -2.63. The van der Waals surface area contributed by atoms with Crippen LogP contribution in [0.25, 0.3) is 10.2 Å². The van der Waals surface area contributed by atoms with Gasteiger partial charge in [-0.1, -0.05) is 12.1 Å². The molecule has 4 fully saturated rings. The molecule has 2 saturated carbocycles. The Labute approximate surface area is 347 Å². The molecule has 5 aliphatic rings. The molecule has 3 N–H and O–H groups in total. The maximum absolute atomic E-state index is 13.4. The molecule has 1 unspecified atom stereocenters. The summed E-state index contributed by atoms with van der Waals surface area (Å²) >= 11 is 1.57. The number of hydrogen-bond acceptors (Lipinski definition) is 11. The molecule has 60 heavy (non-hydrogen) atoms. The topological polar surface area (TPSA) is 163 Å². The summed E-state index contributed by atoms with van der Waals surface area (Å²) in [7, 11) is 1.46. The number of benzene rings is 2. The Hall–Kier alpha value is -5.42. The number of ether oxygens (including phenoxy) is 1. The number of nitrogens with one attached hydrogen (secondary N) is 3. The first-order valence-electron chi connectivity index (χ1n) is 20.4. The Balaban J connectivity index is 0.719. The lowest BCUT2D eigenvalue weighted by Gasteiger charge is -2.60. The average Bonchev–Trinajstić information content (AvgIpc) is 3.73. The molecule has 3 aliphatic heterocycles. The third-order valence-corrected chi connectivity index (χ3v) is 14.0. The molecule has 0 bridgehead atoms. The number of piperidine rings is 1. The molecule has 2 aromatic carbocycles. The summed E-state index contributed by atoms with van der Waals surface area (Å²) in [4.78, 5) is 75.6. The predicted octanol–water partition coefficient (Wildman–Crippen LogP) is 6.86. The number of hydrogen-bond donors (Lipinski definition) is 3. The molecule has 9 rings (SSSR count). The number of likely N-dealkylation sites (tertiary alicyclic amines) is 1. The molecule has 2 aliphatic carbocycles. The van der Waals surface area contributed by atoms with Gasteiger partial charge in [0, 0.05) is 50.3 Å². The lowest BCUT2D eigenvalue weighted by atomic mass is 9.57. The third-order valence-electron chi connectivity index (χ3n) is 12.9. The summed E-state index contributed by atoms with van der Waals surface area (Å²) in [6.45, 7) is 4.02. The molecule has 1 spiro atoms. The molecule has 2 saturated heterocycles. The largest absolute Gasteiger partial charge is 0.494 e. The van der Waals surface area contributed by atoms with Gasteiger partial charge in [0.15, 0.2) is 0 Å². The summed E-state index contributed by atoms with van der Waals surface area (Å²) in [5, 5.41) is 9.33. The van der Waals surface area contributed by atoms with Crippen molar-refractivity contribution in [3.05, 3.63) is 76.1 Å². The molecule has 0 radical (unpaired) electrons. The van der Waals surface area contributed by atoms with E-state index in [9.17, 15) is 37.1 Å². The number of rotatable bonds is 11. The third kappa shape index (κ3) is 7.61.